The van der Waals surface area contributed by atoms with Gasteiger partial charge in [-0.25, -0.2) is 18.3 Å². The Hall–Kier alpha value is -1.96. The molecule has 1 aromatic carbocycles. The van der Waals surface area contributed by atoms with Crippen molar-refractivity contribution in [1.82, 2.24) is 5.32 Å². The number of primary amides is 1. The van der Waals surface area contributed by atoms with E-state index in [1.807, 2.05) is 0 Å². The van der Waals surface area contributed by atoms with Gasteiger partial charge in [0.2, 0.25) is 0 Å². The fourth-order valence-electron chi connectivity index (χ4n) is 1.61. The zero-order chi connectivity index (χ0) is 16.9. The molecule has 0 saturated carbocycles. The lowest BCUT2D eigenvalue weighted by atomic mass is 10.1. The maximum Gasteiger partial charge on any atom is 0.407 e. The fraction of sp³-hybridized carbons (Fsp3) is 0.429. The number of carbonyl (C=O) groups is 2. The van der Waals surface area contributed by atoms with E-state index in [9.17, 15) is 14.0 Å². The van der Waals surface area contributed by atoms with E-state index in [-0.39, 0.29) is 18.7 Å². The summed E-state index contributed by atoms with van der Waals surface area (Å²) in [6.07, 6.45) is -0.270. The molecule has 8 heteroatoms. The third-order valence-electron chi connectivity index (χ3n) is 2.55. The summed E-state index contributed by atoms with van der Waals surface area (Å²) >= 11 is 3.85. The topological polar surface area (TPSA) is 84.7 Å². The summed E-state index contributed by atoms with van der Waals surface area (Å²) in [5.74, 6) is -0.510. The average Bonchev–Trinajstić information content (AvgIpc) is 2.37. The average molecular weight is 329 g/mol. The molecule has 6 nitrogen and oxygen atoms in total. The highest BCUT2D eigenvalue weighted by molar-refractivity contribution is 7.82. The maximum absolute atomic E-state index is 13.9. The number of anilines is 1. The molecule has 122 valence electrons. The Bertz CT molecular complexity index is 561. The molecule has 0 aliphatic carbocycles. The Morgan fingerprint density at radius 3 is 2.55 bits per heavy atom. The number of nitrogens with two attached hydrogens (primary N) is 1. The maximum atomic E-state index is 13.9. The van der Waals surface area contributed by atoms with E-state index < -0.39 is 23.5 Å². The van der Waals surface area contributed by atoms with Gasteiger partial charge in [0.25, 0.3) is 0 Å². The van der Waals surface area contributed by atoms with Crippen LogP contribution in [0.4, 0.5) is 19.7 Å². The minimum atomic E-state index is -0.804. The molecule has 0 spiro atoms. The van der Waals surface area contributed by atoms with Crippen LogP contribution >= 0.6 is 12.8 Å². The normalized spacial score (nSPS) is 11.0. The van der Waals surface area contributed by atoms with Crippen LogP contribution in [-0.2, 0) is 11.2 Å². The van der Waals surface area contributed by atoms with Crippen LogP contribution in [0.25, 0.3) is 0 Å². The number of carbonyl (C=O) groups excluding carboxylic acids is 2. The molecule has 0 radical (unpaired) electrons. The number of thiol groups is 1. The van der Waals surface area contributed by atoms with E-state index in [2.05, 4.69) is 18.1 Å². The highest BCUT2D eigenvalue weighted by Gasteiger charge is 2.16. The van der Waals surface area contributed by atoms with Gasteiger partial charge in [0.1, 0.15) is 11.4 Å². The predicted octanol–water partition coefficient (Wildman–Crippen LogP) is 2.62. The Morgan fingerprint density at radius 2 is 2.05 bits per heavy atom. The van der Waals surface area contributed by atoms with Crippen LogP contribution in [-0.4, -0.2) is 24.3 Å². The van der Waals surface area contributed by atoms with Crippen LogP contribution in [0, 0.1) is 5.82 Å². The molecular weight excluding hydrogens is 309 g/mol. The van der Waals surface area contributed by atoms with E-state index in [1.165, 1.54) is 12.1 Å². The molecule has 0 bridgehead atoms. The van der Waals surface area contributed by atoms with Gasteiger partial charge in [0, 0.05) is 6.54 Å². The lowest BCUT2D eigenvalue weighted by molar-refractivity contribution is 0.0528. The second kappa shape index (κ2) is 7.35. The molecule has 1 aromatic rings. The Balaban J connectivity index is 2.57. The third-order valence-corrected chi connectivity index (χ3v) is 2.98. The van der Waals surface area contributed by atoms with Crippen LogP contribution in [0.2, 0.25) is 0 Å². The van der Waals surface area contributed by atoms with Gasteiger partial charge >= 0.3 is 12.1 Å². The van der Waals surface area contributed by atoms with Crippen molar-refractivity contribution in [2.24, 2.45) is 5.73 Å². The molecule has 0 aliphatic rings. The van der Waals surface area contributed by atoms with Crippen LogP contribution in [0.5, 0.6) is 0 Å². The molecule has 22 heavy (non-hydrogen) atoms. The molecular formula is C14H20FN3O3S. The molecule has 0 heterocycles. The van der Waals surface area contributed by atoms with Crippen LogP contribution < -0.4 is 15.4 Å². The van der Waals surface area contributed by atoms with Gasteiger partial charge in [0.05, 0.1) is 5.69 Å². The minimum absolute atomic E-state index is 0.228. The van der Waals surface area contributed by atoms with Gasteiger partial charge in [0.15, 0.2) is 0 Å². The first-order chi connectivity index (χ1) is 10.1. The monoisotopic (exact) mass is 329 g/mol. The number of urea groups is 1. The second-order valence-corrected chi connectivity index (χ2v) is 6.00. The standard InChI is InChI=1S/C14H20FN3O3S/c1-14(2,3)21-13(20)17-7-6-9-4-5-10(8-11(9)15)18(22)12(16)19/h4-5,8,22H,6-7H2,1-3H3,(H2,16,19)(H,17,20). The largest absolute Gasteiger partial charge is 0.444 e. The molecule has 3 amide bonds. The number of alkyl carbamates (subject to hydrolysis) is 1. The van der Waals surface area contributed by atoms with Crippen molar-refractivity contribution in [1.29, 1.82) is 0 Å². The van der Waals surface area contributed by atoms with Crippen molar-refractivity contribution in [3.8, 4) is 0 Å². The number of halogens is 1. The van der Waals surface area contributed by atoms with Crippen LogP contribution in [0.3, 0.4) is 0 Å². The Kier molecular flexibility index (Phi) is 6.04. The SMILES string of the molecule is CC(C)(C)OC(=O)NCCc1ccc(N(S)C(N)=O)cc1F. The number of hydrogen-bond acceptors (Lipinski definition) is 4. The first-order valence-corrected chi connectivity index (χ1v) is 7.04. The van der Waals surface area contributed by atoms with Gasteiger partial charge in [-0.15, -0.1) is 0 Å². The van der Waals surface area contributed by atoms with Crippen molar-refractivity contribution < 1.29 is 18.7 Å². The number of amides is 3. The lowest BCUT2D eigenvalue weighted by Crippen LogP contribution is -2.33. The van der Waals surface area contributed by atoms with E-state index in [1.54, 1.807) is 20.8 Å². The first kappa shape index (κ1) is 18.1. The summed E-state index contributed by atoms with van der Waals surface area (Å²) in [6, 6.07) is 3.37. The summed E-state index contributed by atoms with van der Waals surface area (Å²) < 4.78 is 19.8. The molecule has 0 fully saturated rings. The molecule has 0 aliphatic heterocycles. The third kappa shape index (κ3) is 5.80. The van der Waals surface area contributed by atoms with Gasteiger partial charge in [-0.2, -0.15) is 0 Å². The summed E-state index contributed by atoms with van der Waals surface area (Å²) in [4.78, 5) is 22.4. The zero-order valence-electron chi connectivity index (χ0n) is 12.7. The molecule has 1 rings (SSSR count). The quantitative estimate of drug-likeness (QED) is 0.742. The van der Waals surface area contributed by atoms with E-state index in [0.29, 0.717) is 5.56 Å². The number of ether oxygens (including phenoxy) is 1. The summed E-state index contributed by atoms with van der Waals surface area (Å²) in [7, 11) is 0. The lowest BCUT2D eigenvalue weighted by Gasteiger charge is -2.19. The van der Waals surface area contributed by atoms with Crippen LogP contribution in [0.1, 0.15) is 26.3 Å². The van der Waals surface area contributed by atoms with E-state index in [4.69, 9.17) is 10.5 Å². The first-order valence-electron chi connectivity index (χ1n) is 6.64. The van der Waals surface area contributed by atoms with Crippen molar-refractivity contribution >= 4 is 30.6 Å². The van der Waals surface area contributed by atoms with Crippen molar-refractivity contribution in [3.05, 3.63) is 29.6 Å². The summed E-state index contributed by atoms with van der Waals surface area (Å²) in [5.41, 5.74) is 5.09. The Morgan fingerprint density at radius 1 is 1.41 bits per heavy atom. The second-order valence-electron chi connectivity index (χ2n) is 5.60. The molecule has 3 N–H and O–H groups in total. The van der Waals surface area contributed by atoms with Crippen molar-refractivity contribution in [2.75, 3.05) is 10.8 Å². The Labute approximate surface area is 134 Å². The number of nitrogens with zero attached hydrogens (tertiary/aromatic N) is 1. The summed E-state index contributed by atoms with van der Waals surface area (Å²) in [5, 5.41) is 2.54. The highest BCUT2D eigenvalue weighted by Crippen LogP contribution is 2.20. The number of hydrogen-bond donors (Lipinski definition) is 3. The van der Waals surface area contributed by atoms with Gasteiger partial charge in [-0.05, 0) is 44.9 Å². The molecule has 0 aromatic heterocycles. The molecule has 0 saturated heterocycles. The highest BCUT2D eigenvalue weighted by atomic mass is 32.1. The minimum Gasteiger partial charge on any atom is -0.444 e. The van der Waals surface area contributed by atoms with Gasteiger partial charge in [-0.3, -0.25) is 0 Å². The number of benzene rings is 1. The van der Waals surface area contributed by atoms with E-state index >= 15 is 0 Å². The van der Waals surface area contributed by atoms with Crippen molar-refractivity contribution in [3.63, 3.8) is 0 Å². The van der Waals surface area contributed by atoms with E-state index in [0.717, 1.165) is 10.4 Å². The number of rotatable bonds is 4. The summed E-state index contributed by atoms with van der Waals surface area (Å²) in [6.45, 7) is 5.50. The zero-order valence-corrected chi connectivity index (χ0v) is 13.6. The van der Waals surface area contributed by atoms with Crippen LogP contribution in [0.15, 0.2) is 18.2 Å². The molecule has 0 atom stereocenters. The fourth-order valence-corrected chi connectivity index (χ4v) is 1.74. The van der Waals surface area contributed by atoms with Gasteiger partial charge in [-0.1, -0.05) is 18.9 Å². The van der Waals surface area contributed by atoms with Gasteiger partial charge < -0.3 is 15.8 Å². The number of nitrogens with one attached hydrogen (secondary N) is 1. The van der Waals surface area contributed by atoms with Crippen molar-refractivity contribution in [2.45, 2.75) is 32.8 Å². The molecule has 0 unspecified atom stereocenters. The smallest absolute Gasteiger partial charge is 0.407 e. The predicted molar refractivity (Wildman–Crippen MR) is 85.4 cm³/mol.